The zero-order valence-electron chi connectivity index (χ0n) is 17.9. The first-order valence-electron chi connectivity index (χ1n) is 11.5. The van der Waals surface area contributed by atoms with Gasteiger partial charge in [0.05, 0.1) is 6.10 Å². The van der Waals surface area contributed by atoms with Crippen LogP contribution in [0.25, 0.3) is 0 Å². The van der Waals surface area contributed by atoms with Gasteiger partial charge in [0.15, 0.2) is 11.5 Å². The summed E-state index contributed by atoms with van der Waals surface area (Å²) in [6.07, 6.45) is 14.8. The van der Waals surface area contributed by atoms with E-state index in [4.69, 9.17) is 0 Å². The van der Waals surface area contributed by atoms with E-state index in [2.05, 4.69) is 9.24 Å². The van der Waals surface area contributed by atoms with Crippen LogP contribution in [-0.2, 0) is 0 Å². The van der Waals surface area contributed by atoms with Crippen LogP contribution < -0.4 is 5.30 Å². The van der Waals surface area contributed by atoms with Crippen molar-refractivity contribution in [3.63, 3.8) is 0 Å². The first-order chi connectivity index (χ1) is 13.5. The van der Waals surface area contributed by atoms with Crippen molar-refractivity contribution in [3.8, 4) is 11.5 Å². The standard InChI is InChI=1S/C22H35O3P.C2H6/c23-18-11-7-16(8-12-18)4-2-1-3-15-5-9-17(10-6-15)19-13-14-20(24)21(25)22(19)26;1-2/h13-18,23-25H,1-12,26H2;1-2H3. The molecule has 2 fully saturated rings. The maximum absolute atomic E-state index is 9.95. The van der Waals surface area contributed by atoms with Crippen LogP contribution in [0.2, 0.25) is 0 Å². The molecule has 1 unspecified atom stereocenters. The Hall–Kier alpha value is -0.790. The molecule has 160 valence electrons. The van der Waals surface area contributed by atoms with E-state index in [-0.39, 0.29) is 17.6 Å². The van der Waals surface area contributed by atoms with Crippen molar-refractivity contribution in [2.45, 2.75) is 103 Å². The highest BCUT2D eigenvalue weighted by Gasteiger charge is 2.25. The average Bonchev–Trinajstić information content (AvgIpc) is 2.73. The lowest BCUT2D eigenvalue weighted by Crippen LogP contribution is -2.18. The van der Waals surface area contributed by atoms with Crippen molar-refractivity contribution in [2.24, 2.45) is 11.8 Å². The van der Waals surface area contributed by atoms with Gasteiger partial charge < -0.3 is 15.3 Å². The molecule has 0 spiro atoms. The van der Waals surface area contributed by atoms with Gasteiger partial charge >= 0.3 is 0 Å². The monoisotopic (exact) mass is 408 g/mol. The van der Waals surface area contributed by atoms with Crippen LogP contribution in [0.4, 0.5) is 0 Å². The van der Waals surface area contributed by atoms with Gasteiger partial charge in [0, 0.05) is 5.30 Å². The Labute approximate surface area is 174 Å². The molecule has 2 saturated carbocycles. The molecular weight excluding hydrogens is 367 g/mol. The Morgan fingerprint density at radius 2 is 1.32 bits per heavy atom. The van der Waals surface area contributed by atoms with E-state index in [0.717, 1.165) is 30.0 Å². The van der Waals surface area contributed by atoms with Crippen molar-refractivity contribution >= 4 is 14.5 Å². The maximum atomic E-state index is 9.95. The molecule has 4 heteroatoms. The Bertz CT molecular complexity index is 573. The largest absolute Gasteiger partial charge is 0.504 e. The van der Waals surface area contributed by atoms with Crippen molar-refractivity contribution < 1.29 is 15.3 Å². The van der Waals surface area contributed by atoms with Crippen molar-refractivity contribution in [1.82, 2.24) is 0 Å². The zero-order valence-corrected chi connectivity index (χ0v) is 19.0. The van der Waals surface area contributed by atoms with E-state index in [1.54, 1.807) is 6.07 Å². The van der Waals surface area contributed by atoms with E-state index >= 15 is 0 Å². The normalized spacial score (nSPS) is 27.7. The molecule has 28 heavy (non-hydrogen) atoms. The molecule has 0 aliphatic heterocycles. The van der Waals surface area contributed by atoms with Crippen LogP contribution in [0.3, 0.4) is 0 Å². The minimum absolute atomic E-state index is 0.0184. The van der Waals surface area contributed by atoms with Gasteiger partial charge in [-0.25, -0.2) is 0 Å². The molecule has 0 bridgehead atoms. The number of benzene rings is 1. The summed E-state index contributed by atoms with van der Waals surface area (Å²) in [5, 5.41) is 29.9. The van der Waals surface area contributed by atoms with Gasteiger partial charge in [0.25, 0.3) is 0 Å². The van der Waals surface area contributed by atoms with Crippen LogP contribution >= 0.6 is 9.24 Å². The molecular formula is C24H41O3P. The summed E-state index contributed by atoms with van der Waals surface area (Å²) >= 11 is 0. The second-order valence-corrected chi connectivity index (χ2v) is 9.19. The highest BCUT2D eigenvalue weighted by atomic mass is 31.0. The zero-order chi connectivity index (χ0) is 20.5. The third-order valence-electron chi connectivity index (χ3n) is 6.81. The third kappa shape index (κ3) is 6.63. The number of phenols is 2. The smallest absolute Gasteiger partial charge is 0.165 e. The second kappa shape index (κ2) is 12.0. The molecule has 1 aromatic carbocycles. The summed E-state index contributed by atoms with van der Waals surface area (Å²) in [4.78, 5) is 0. The molecule has 0 aromatic heterocycles. The second-order valence-electron chi connectivity index (χ2n) is 8.61. The number of hydrogen-bond donors (Lipinski definition) is 3. The van der Waals surface area contributed by atoms with Crippen LogP contribution in [-0.4, -0.2) is 21.4 Å². The van der Waals surface area contributed by atoms with E-state index in [1.807, 2.05) is 19.9 Å². The molecule has 0 amide bonds. The molecule has 0 saturated heterocycles. The van der Waals surface area contributed by atoms with Gasteiger partial charge in [-0.2, -0.15) is 0 Å². The summed E-state index contributed by atoms with van der Waals surface area (Å²) in [6, 6.07) is 3.60. The molecule has 3 rings (SSSR count). The number of rotatable bonds is 6. The number of aliphatic hydroxyl groups excluding tert-OH is 1. The van der Waals surface area contributed by atoms with E-state index in [1.165, 1.54) is 69.8 Å². The predicted octanol–water partition coefficient (Wildman–Crippen LogP) is 6.01. The topological polar surface area (TPSA) is 60.7 Å². The van der Waals surface area contributed by atoms with Crippen molar-refractivity contribution in [3.05, 3.63) is 17.7 Å². The predicted molar refractivity (Wildman–Crippen MR) is 122 cm³/mol. The lowest BCUT2D eigenvalue weighted by molar-refractivity contribution is 0.105. The molecule has 2 aliphatic rings. The van der Waals surface area contributed by atoms with Gasteiger partial charge in [-0.1, -0.05) is 45.6 Å². The summed E-state index contributed by atoms with van der Waals surface area (Å²) in [7, 11) is 2.60. The Balaban J connectivity index is 0.00000136. The van der Waals surface area contributed by atoms with Gasteiger partial charge in [0.2, 0.25) is 0 Å². The van der Waals surface area contributed by atoms with Gasteiger partial charge in [-0.05, 0) is 80.8 Å². The number of aromatic hydroxyl groups is 2. The summed E-state index contributed by atoms with van der Waals surface area (Å²) < 4.78 is 0. The summed E-state index contributed by atoms with van der Waals surface area (Å²) in [5.41, 5.74) is 1.18. The molecule has 1 aromatic rings. The fraction of sp³-hybridized carbons (Fsp3) is 0.750. The third-order valence-corrected chi connectivity index (χ3v) is 7.41. The summed E-state index contributed by atoms with van der Waals surface area (Å²) in [5.74, 6) is 2.22. The van der Waals surface area contributed by atoms with Gasteiger partial charge in [0.1, 0.15) is 0 Å². The van der Waals surface area contributed by atoms with Crippen molar-refractivity contribution in [1.29, 1.82) is 0 Å². The lowest BCUT2D eigenvalue weighted by atomic mass is 9.76. The number of unbranched alkanes of at least 4 members (excludes halogenated alkanes) is 1. The Kier molecular flexibility index (Phi) is 10.1. The SMILES string of the molecule is CC.Oc1ccc(C2CCC(CCCCC3CCC(O)CC3)CC2)c(P)c1O. The first-order valence-corrected chi connectivity index (χ1v) is 12.1. The van der Waals surface area contributed by atoms with Gasteiger partial charge in [-0.3, -0.25) is 0 Å². The average molecular weight is 409 g/mol. The van der Waals surface area contributed by atoms with Crippen LogP contribution in [0, 0.1) is 11.8 Å². The van der Waals surface area contributed by atoms with Crippen LogP contribution in [0.15, 0.2) is 12.1 Å². The van der Waals surface area contributed by atoms with E-state index < -0.39 is 0 Å². The molecule has 0 heterocycles. The molecule has 1 atom stereocenters. The highest BCUT2D eigenvalue weighted by Crippen LogP contribution is 2.40. The minimum Gasteiger partial charge on any atom is -0.504 e. The fourth-order valence-corrected chi connectivity index (χ4v) is 5.51. The lowest BCUT2D eigenvalue weighted by Gasteiger charge is -2.30. The number of aliphatic hydroxyl groups is 1. The fourth-order valence-electron chi connectivity index (χ4n) is 5.03. The quantitative estimate of drug-likeness (QED) is 0.307. The highest BCUT2D eigenvalue weighted by molar-refractivity contribution is 7.28. The minimum atomic E-state index is -0.0287. The maximum Gasteiger partial charge on any atom is 0.165 e. The number of phenolic OH excluding ortho intramolecular Hbond substituents is 2. The molecule has 3 nitrogen and oxygen atoms in total. The van der Waals surface area contributed by atoms with Gasteiger partial charge in [-0.15, -0.1) is 9.24 Å². The van der Waals surface area contributed by atoms with Crippen LogP contribution in [0.5, 0.6) is 11.5 Å². The Morgan fingerprint density at radius 3 is 1.86 bits per heavy atom. The Morgan fingerprint density at radius 1 is 0.821 bits per heavy atom. The van der Waals surface area contributed by atoms with E-state index in [0.29, 0.717) is 5.92 Å². The number of hydrogen-bond acceptors (Lipinski definition) is 3. The van der Waals surface area contributed by atoms with E-state index in [9.17, 15) is 15.3 Å². The molecule has 0 radical (unpaired) electrons. The summed E-state index contributed by atoms with van der Waals surface area (Å²) in [6.45, 7) is 4.00. The molecule has 3 N–H and O–H groups in total. The first kappa shape index (κ1) is 23.5. The molecule has 2 aliphatic carbocycles. The van der Waals surface area contributed by atoms with Crippen LogP contribution in [0.1, 0.15) is 102 Å². The van der Waals surface area contributed by atoms with Crippen molar-refractivity contribution in [2.75, 3.05) is 0 Å².